The normalized spacial score (nSPS) is 28.8. The Labute approximate surface area is 197 Å². The lowest BCUT2D eigenvalue weighted by molar-refractivity contribution is -0.0707. The summed E-state index contributed by atoms with van der Waals surface area (Å²) in [4.78, 5) is 1.89. The molecule has 1 N–H and O–H groups in total. The zero-order valence-corrected chi connectivity index (χ0v) is 20.0. The van der Waals surface area contributed by atoms with E-state index in [0.717, 1.165) is 41.2 Å². The van der Waals surface area contributed by atoms with Crippen molar-refractivity contribution in [2.75, 3.05) is 0 Å². The van der Waals surface area contributed by atoms with Gasteiger partial charge >= 0.3 is 0 Å². The van der Waals surface area contributed by atoms with Crippen LogP contribution in [0.3, 0.4) is 0 Å². The lowest BCUT2D eigenvalue weighted by atomic mass is 9.48. The SMILES string of the molecule is Cc1ccccc1Cn1nc(CN[C@@H](C)C23CC4CC(CC(C4)C2)C3)c(-c2ccccc2)n1. The van der Waals surface area contributed by atoms with Gasteiger partial charge in [-0.25, -0.2) is 0 Å². The molecule has 1 aromatic heterocycles. The molecule has 4 aliphatic carbocycles. The fourth-order valence-corrected chi connectivity index (χ4v) is 7.51. The highest BCUT2D eigenvalue weighted by Crippen LogP contribution is 2.61. The first-order valence-corrected chi connectivity index (χ1v) is 12.9. The fraction of sp³-hybridized carbons (Fsp3) is 0.517. The minimum atomic E-state index is 0.499. The molecule has 0 spiro atoms. The molecule has 3 aromatic rings. The Kier molecular flexibility index (Phi) is 5.37. The van der Waals surface area contributed by atoms with Crippen LogP contribution in [0.2, 0.25) is 0 Å². The number of nitrogens with one attached hydrogen (secondary N) is 1. The summed E-state index contributed by atoms with van der Waals surface area (Å²) in [7, 11) is 0. The molecule has 0 radical (unpaired) electrons. The van der Waals surface area contributed by atoms with E-state index >= 15 is 0 Å². The Morgan fingerprint density at radius 1 is 0.909 bits per heavy atom. The van der Waals surface area contributed by atoms with Gasteiger partial charge < -0.3 is 5.32 Å². The van der Waals surface area contributed by atoms with Crippen molar-refractivity contribution >= 4 is 0 Å². The second-order valence-corrected chi connectivity index (χ2v) is 11.2. The zero-order chi connectivity index (χ0) is 22.4. The number of rotatable bonds is 7. The smallest absolute Gasteiger partial charge is 0.117 e. The van der Waals surface area contributed by atoms with Crippen LogP contribution in [-0.4, -0.2) is 21.0 Å². The Bertz CT molecular complexity index is 1080. The average Bonchev–Trinajstić information content (AvgIpc) is 3.21. The third kappa shape index (κ3) is 4.03. The number of hydrogen-bond acceptors (Lipinski definition) is 3. The molecule has 4 bridgehead atoms. The van der Waals surface area contributed by atoms with Crippen molar-refractivity contribution < 1.29 is 0 Å². The van der Waals surface area contributed by atoms with Crippen molar-refractivity contribution in [3.63, 3.8) is 0 Å². The van der Waals surface area contributed by atoms with E-state index in [1.165, 1.54) is 49.7 Å². The minimum absolute atomic E-state index is 0.499. The van der Waals surface area contributed by atoms with E-state index in [0.29, 0.717) is 18.0 Å². The molecule has 1 heterocycles. The van der Waals surface area contributed by atoms with Gasteiger partial charge in [0.2, 0.25) is 0 Å². The predicted octanol–water partition coefficient (Wildman–Crippen LogP) is 6.00. The van der Waals surface area contributed by atoms with Crippen LogP contribution in [0.1, 0.15) is 62.3 Å². The van der Waals surface area contributed by atoms with Gasteiger partial charge in [0.25, 0.3) is 0 Å². The van der Waals surface area contributed by atoms with Crippen LogP contribution in [-0.2, 0) is 13.1 Å². The van der Waals surface area contributed by atoms with Gasteiger partial charge in [0.05, 0.1) is 6.54 Å². The highest BCUT2D eigenvalue weighted by atomic mass is 15.5. The van der Waals surface area contributed by atoms with Crippen molar-refractivity contribution in [1.82, 2.24) is 20.3 Å². The van der Waals surface area contributed by atoms with Crippen LogP contribution in [0.4, 0.5) is 0 Å². The molecule has 1 atom stereocenters. The topological polar surface area (TPSA) is 42.7 Å². The number of aromatic nitrogens is 3. The summed E-state index contributed by atoms with van der Waals surface area (Å²) in [6.45, 7) is 6.08. The average molecular weight is 441 g/mol. The molecule has 4 fully saturated rings. The van der Waals surface area contributed by atoms with Gasteiger partial charge in [-0.05, 0) is 86.7 Å². The molecule has 172 valence electrons. The van der Waals surface area contributed by atoms with Gasteiger partial charge in [-0.2, -0.15) is 15.0 Å². The predicted molar refractivity (Wildman–Crippen MR) is 133 cm³/mol. The Hall–Kier alpha value is -2.46. The van der Waals surface area contributed by atoms with Crippen molar-refractivity contribution in [1.29, 1.82) is 0 Å². The van der Waals surface area contributed by atoms with E-state index in [1.807, 2.05) is 4.80 Å². The molecule has 4 saturated carbocycles. The molecule has 0 aliphatic heterocycles. The van der Waals surface area contributed by atoms with Gasteiger partial charge in [0.1, 0.15) is 11.4 Å². The number of nitrogens with zero attached hydrogens (tertiary/aromatic N) is 3. The third-order valence-corrected chi connectivity index (χ3v) is 8.93. The maximum atomic E-state index is 4.98. The van der Waals surface area contributed by atoms with Crippen molar-refractivity contribution in [3.05, 3.63) is 71.4 Å². The molecule has 2 aromatic carbocycles. The molecule has 0 amide bonds. The molecular formula is C29H36N4. The van der Waals surface area contributed by atoms with Crippen LogP contribution < -0.4 is 5.32 Å². The summed E-state index contributed by atoms with van der Waals surface area (Å²) in [6, 6.07) is 19.6. The second kappa shape index (κ2) is 8.39. The fourth-order valence-electron chi connectivity index (χ4n) is 7.51. The lowest BCUT2D eigenvalue weighted by Gasteiger charge is -2.59. The van der Waals surface area contributed by atoms with Crippen molar-refractivity contribution in [2.45, 2.75) is 71.5 Å². The minimum Gasteiger partial charge on any atom is -0.308 e. The molecule has 0 saturated heterocycles. The van der Waals surface area contributed by atoms with Gasteiger partial charge in [0, 0.05) is 18.2 Å². The molecule has 4 nitrogen and oxygen atoms in total. The zero-order valence-electron chi connectivity index (χ0n) is 20.0. The number of benzene rings is 2. The highest BCUT2D eigenvalue weighted by molar-refractivity contribution is 5.60. The Morgan fingerprint density at radius 3 is 2.21 bits per heavy atom. The van der Waals surface area contributed by atoms with Crippen LogP contribution in [0.25, 0.3) is 11.3 Å². The Balaban J connectivity index is 1.24. The van der Waals surface area contributed by atoms with E-state index in [2.05, 4.69) is 73.8 Å². The molecule has 33 heavy (non-hydrogen) atoms. The van der Waals surface area contributed by atoms with E-state index in [9.17, 15) is 0 Å². The maximum Gasteiger partial charge on any atom is 0.117 e. The first-order valence-electron chi connectivity index (χ1n) is 12.9. The van der Waals surface area contributed by atoms with Gasteiger partial charge in [-0.15, -0.1) is 0 Å². The first-order chi connectivity index (χ1) is 16.1. The van der Waals surface area contributed by atoms with Crippen LogP contribution in [0.15, 0.2) is 54.6 Å². The van der Waals surface area contributed by atoms with Gasteiger partial charge in [-0.3, -0.25) is 0 Å². The summed E-state index contributed by atoms with van der Waals surface area (Å²) >= 11 is 0. The third-order valence-electron chi connectivity index (χ3n) is 8.93. The van der Waals surface area contributed by atoms with E-state index in [1.54, 1.807) is 0 Å². The van der Waals surface area contributed by atoms with E-state index < -0.39 is 0 Å². The van der Waals surface area contributed by atoms with Gasteiger partial charge in [-0.1, -0.05) is 54.6 Å². The molecule has 4 aliphatic rings. The quantitative estimate of drug-likeness (QED) is 0.490. The van der Waals surface area contributed by atoms with E-state index in [-0.39, 0.29) is 0 Å². The molecule has 4 heteroatoms. The molecular weight excluding hydrogens is 404 g/mol. The van der Waals surface area contributed by atoms with Crippen LogP contribution >= 0.6 is 0 Å². The van der Waals surface area contributed by atoms with E-state index in [4.69, 9.17) is 10.2 Å². The summed E-state index contributed by atoms with van der Waals surface area (Å²) in [5.41, 5.74) is 6.27. The second-order valence-electron chi connectivity index (χ2n) is 11.2. The standard InChI is InChI=1S/C29H36N4/c1-20-8-6-7-11-26(20)19-33-31-27(28(32-33)25-9-4-3-5-10-25)18-30-21(2)29-15-22-12-23(16-29)14-24(13-22)17-29/h3-11,21-24,30H,12-19H2,1-2H3/t21-,22?,23?,24?,29?/m0/s1. The molecule has 7 rings (SSSR count). The summed E-state index contributed by atoms with van der Waals surface area (Å²) in [6.07, 6.45) is 8.78. The van der Waals surface area contributed by atoms with Crippen LogP contribution in [0.5, 0.6) is 0 Å². The van der Waals surface area contributed by atoms with Gasteiger partial charge in [0.15, 0.2) is 0 Å². The van der Waals surface area contributed by atoms with Crippen molar-refractivity contribution in [3.8, 4) is 11.3 Å². The summed E-state index contributed by atoms with van der Waals surface area (Å²) in [5.74, 6) is 2.95. The first kappa shape index (κ1) is 21.1. The Morgan fingerprint density at radius 2 is 1.55 bits per heavy atom. The number of hydrogen-bond donors (Lipinski definition) is 1. The monoisotopic (exact) mass is 440 g/mol. The van der Waals surface area contributed by atoms with Crippen molar-refractivity contribution in [2.24, 2.45) is 23.2 Å². The highest BCUT2D eigenvalue weighted by Gasteiger charge is 2.52. The molecule has 0 unspecified atom stereocenters. The largest absolute Gasteiger partial charge is 0.308 e. The number of aryl methyl sites for hydroxylation is 1. The lowest BCUT2D eigenvalue weighted by Crippen LogP contribution is -2.54. The summed E-state index contributed by atoms with van der Waals surface area (Å²) in [5, 5.41) is 13.9. The maximum absolute atomic E-state index is 4.98. The summed E-state index contributed by atoms with van der Waals surface area (Å²) < 4.78 is 0. The van der Waals surface area contributed by atoms with Crippen LogP contribution in [0, 0.1) is 30.1 Å².